The van der Waals surface area contributed by atoms with E-state index >= 15 is 0 Å². The van der Waals surface area contributed by atoms with Crippen LogP contribution in [0.3, 0.4) is 0 Å². The van der Waals surface area contributed by atoms with Gasteiger partial charge in [0.15, 0.2) is 6.61 Å². The van der Waals surface area contributed by atoms with Gasteiger partial charge in [-0.05, 0) is 17.7 Å². The summed E-state index contributed by atoms with van der Waals surface area (Å²) >= 11 is 0. The Labute approximate surface area is 108 Å². The molecule has 1 aromatic rings. The van der Waals surface area contributed by atoms with Crippen molar-refractivity contribution < 1.29 is 29.6 Å². The molecule has 0 bridgehead atoms. The summed E-state index contributed by atoms with van der Waals surface area (Å²) in [4.78, 5) is 21.6. The topological polar surface area (TPSA) is 116 Å². The number of benzene rings is 1. The summed E-state index contributed by atoms with van der Waals surface area (Å²) in [7, 11) is 0. The molecule has 1 aliphatic rings. The van der Waals surface area contributed by atoms with Crippen molar-refractivity contribution in [3.8, 4) is 5.75 Å². The van der Waals surface area contributed by atoms with E-state index in [1.165, 1.54) is 12.1 Å². The van der Waals surface area contributed by atoms with E-state index < -0.39 is 24.6 Å². The molecule has 19 heavy (non-hydrogen) atoms. The normalized spacial score (nSPS) is 16.8. The molecule has 1 aromatic carbocycles. The molecule has 7 heteroatoms. The highest BCUT2D eigenvalue weighted by Crippen LogP contribution is 2.31. The van der Waals surface area contributed by atoms with E-state index in [1.54, 1.807) is 6.07 Å². The second kappa shape index (κ2) is 5.25. The summed E-state index contributed by atoms with van der Waals surface area (Å²) in [5, 5.41) is 30.5. The standard InChI is InChI=1S/C12H13NO6/c14-8(4-11(16)17)12(18)6-1-2-9-7(3-6)13-10(15)5-19-9/h1-3,8,12,14,18H,4-5H2,(H,13,15)(H,16,17). The number of ether oxygens (including phenoxy) is 1. The number of aliphatic hydroxyl groups is 2. The zero-order valence-electron chi connectivity index (χ0n) is 9.87. The molecule has 7 nitrogen and oxygen atoms in total. The molecule has 1 aliphatic heterocycles. The SMILES string of the molecule is O=C(O)CC(O)C(O)c1ccc2c(c1)NC(=O)CO2. The predicted octanol–water partition coefficient (Wildman–Crippen LogP) is -0.113. The van der Waals surface area contributed by atoms with E-state index in [-0.39, 0.29) is 12.5 Å². The zero-order chi connectivity index (χ0) is 14.0. The van der Waals surface area contributed by atoms with Crippen LogP contribution in [-0.4, -0.2) is 39.9 Å². The first-order chi connectivity index (χ1) is 8.97. The van der Waals surface area contributed by atoms with Gasteiger partial charge in [0.25, 0.3) is 5.91 Å². The maximum atomic E-state index is 11.2. The van der Waals surface area contributed by atoms with Crippen LogP contribution in [0.2, 0.25) is 0 Å². The molecule has 0 fully saturated rings. The van der Waals surface area contributed by atoms with Gasteiger partial charge in [-0.1, -0.05) is 6.07 Å². The molecule has 0 radical (unpaired) electrons. The number of fused-ring (bicyclic) bond motifs is 1. The average molecular weight is 267 g/mol. The summed E-state index contributed by atoms with van der Waals surface area (Å²) in [5.74, 6) is -1.06. The molecule has 0 saturated carbocycles. The van der Waals surface area contributed by atoms with Gasteiger partial charge in [-0.25, -0.2) is 0 Å². The van der Waals surface area contributed by atoms with Gasteiger partial charge in [-0.2, -0.15) is 0 Å². The smallest absolute Gasteiger partial charge is 0.306 e. The number of carbonyl (C=O) groups excluding carboxylic acids is 1. The first kappa shape index (κ1) is 13.3. The molecule has 4 N–H and O–H groups in total. The minimum absolute atomic E-state index is 0.0729. The van der Waals surface area contributed by atoms with Crippen LogP contribution in [0.25, 0.3) is 0 Å². The van der Waals surface area contributed by atoms with Crippen molar-refractivity contribution >= 4 is 17.6 Å². The Morgan fingerprint density at radius 1 is 1.42 bits per heavy atom. The number of amides is 1. The Hall–Kier alpha value is -2.12. The monoisotopic (exact) mass is 267 g/mol. The van der Waals surface area contributed by atoms with Crippen molar-refractivity contribution in [2.45, 2.75) is 18.6 Å². The Kier molecular flexibility index (Phi) is 3.68. The van der Waals surface area contributed by atoms with Gasteiger partial charge in [-0.3, -0.25) is 9.59 Å². The fourth-order valence-corrected chi connectivity index (χ4v) is 1.80. The Balaban J connectivity index is 2.19. The maximum Gasteiger partial charge on any atom is 0.306 e. The van der Waals surface area contributed by atoms with Crippen molar-refractivity contribution in [1.82, 2.24) is 0 Å². The highest BCUT2D eigenvalue weighted by atomic mass is 16.5. The lowest BCUT2D eigenvalue weighted by Gasteiger charge is -2.21. The number of nitrogens with one attached hydrogen (secondary N) is 1. The first-order valence-electron chi connectivity index (χ1n) is 5.62. The molecular formula is C12H13NO6. The lowest BCUT2D eigenvalue weighted by molar-refractivity contribution is -0.141. The largest absolute Gasteiger partial charge is 0.482 e. The van der Waals surface area contributed by atoms with Gasteiger partial charge in [0.05, 0.1) is 18.2 Å². The number of anilines is 1. The van der Waals surface area contributed by atoms with E-state index in [0.717, 1.165) is 0 Å². The number of carbonyl (C=O) groups is 2. The van der Waals surface area contributed by atoms with Crippen LogP contribution in [-0.2, 0) is 9.59 Å². The molecular weight excluding hydrogens is 254 g/mol. The summed E-state index contributed by atoms with van der Waals surface area (Å²) in [5.41, 5.74) is 0.689. The minimum Gasteiger partial charge on any atom is -0.482 e. The quantitative estimate of drug-likeness (QED) is 0.604. The van der Waals surface area contributed by atoms with Crippen LogP contribution < -0.4 is 10.1 Å². The van der Waals surface area contributed by atoms with E-state index in [4.69, 9.17) is 9.84 Å². The van der Waals surface area contributed by atoms with Crippen LogP contribution in [0.4, 0.5) is 5.69 Å². The van der Waals surface area contributed by atoms with E-state index in [9.17, 15) is 19.8 Å². The number of rotatable bonds is 4. The van der Waals surface area contributed by atoms with Crippen LogP contribution in [0.1, 0.15) is 18.1 Å². The number of aliphatic carboxylic acids is 1. The van der Waals surface area contributed by atoms with Crippen LogP contribution >= 0.6 is 0 Å². The first-order valence-corrected chi connectivity index (χ1v) is 5.62. The number of hydrogen-bond donors (Lipinski definition) is 4. The molecule has 102 valence electrons. The third-order valence-electron chi connectivity index (χ3n) is 2.73. The summed E-state index contributed by atoms with van der Waals surface area (Å²) in [6.45, 7) is -0.0729. The summed E-state index contributed by atoms with van der Waals surface area (Å²) < 4.78 is 5.15. The van der Waals surface area contributed by atoms with Gasteiger partial charge in [0.1, 0.15) is 11.9 Å². The van der Waals surface area contributed by atoms with E-state index in [0.29, 0.717) is 17.0 Å². The minimum atomic E-state index is -1.42. The highest BCUT2D eigenvalue weighted by molar-refractivity contribution is 5.95. The van der Waals surface area contributed by atoms with Crippen LogP contribution in [0.5, 0.6) is 5.75 Å². The van der Waals surface area contributed by atoms with Crippen LogP contribution in [0.15, 0.2) is 18.2 Å². The Bertz CT molecular complexity index is 515. The van der Waals surface area contributed by atoms with Crippen molar-refractivity contribution in [3.63, 3.8) is 0 Å². The number of carboxylic acid groups (broad SMARTS) is 1. The molecule has 2 unspecified atom stereocenters. The predicted molar refractivity (Wildman–Crippen MR) is 63.8 cm³/mol. The summed E-state index contributed by atoms with van der Waals surface area (Å²) in [6.07, 6.45) is -3.34. The van der Waals surface area contributed by atoms with Gasteiger partial charge in [-0.15, -0.1) is 0 Å². The maximum absolute atomic E-state index is 11.2. The molecule has 0 spiro atoms. The molecule has 2 atom stereocenters. The number of carboxylic acids is 1. The fraction of sp³-hybridized carbons (Fsp3) is 0.333. The van der Waals surface area contributed by atoms with Gasteiger partial charge >= 0.3 is 5.97 Å². The second-order valence-electron chi connectivity index (χ2n) is 4.20. The third kappa shape index (κ3) is 3.01. The van der Waals surface area contributed by atoms with E-state index in [1.807, 2.05) is 0 Å². The van der Waals surface area contributed by atoms with Gasteiger partial charge < -0.3 is 25.4 Å². The van der Waals surface area contributed by atoms with Crippen molar-refractivity contribution in [2.75, 3.05) is 11.9 Å². The number of aliphatic hydroxyl groups excluding tert-OH is 2. The molecule has 0 aliphatic carbocycles. The lowest BCUT2D eigenvalue weighted by atomic mass is 10.0. The molecule has 2 rings (SSSR count). The van der Waals surface area contributed by atoms with Crippen molar-refractivity contribution in [1.29, 1.82) is 0 Å². The van der Waals surface area contributed by atoms with Gasteiger partial charge in [0, 0.05) is 0 Å². The molecule has 1 amide bonds. The molecule has 1 heterocycles. The second-order valence-corrected chi connectivity index (χ2v) is 4.20. The third-order valence-corrected chi connectivity index (χ3v) is 2.73. The highest BCUT2D eigenvalue weighted by Gasteiger charge is 2.23. The zero-order valence-corrected chi connectivity index (χ0v) is 9.87. The van der Waals surface area contributed by atoms with Gasteiger partial charge in [0.2, 0.25) is 0 Å². The summed E-state index contributed by atoms with van der Waals surface area (Å²) in [6, 6.07) is 4.50. The van der Waals surface area contributed by atoms with Crippen molar-refractivity contribution in [3.05, 3.63) is 23.8 Å². The number of hydrogen-bond acceptors (Lipinski definition) is 5. The fourth-order valence-electron chi connectivity index (χ4n) is 1.80. The van der Waals surface area contributed by atoms with Crippen LogP contribution in [0, 0.1) is 0 Å². The lowest BCUT2D eigenvalue weighted by Crippen LogP contribution is -2.26. The Morgan fingerprint density at radius 3 is 2.84 bits per heavy atom. The molecule has 0 saturated heterocycles. The molecule has 0 aromatic heterocycles. The Morgan fingerprint density at radius 2 is 2.16 bits per heavy atom. The average Bonchev–Trinajstić information content (AvgIpc) is 2.36. The van der Waals surface area contributed by atoms with E-state index in [2.05, 4.69) is 5.32 Å². The van der Waals surface area contributed by atoms with Crippen molar-refractivity contribution in [2.24, 2.45) is 0 Å².